The monoisotopic (exact) mass is 973 g/mol. The van der Waals surface area contributed by atoms with E-state index in [0.29, 0.717) is 42.5 Å². The standard InChI is InChI=1S/C53H63N5O8P.2Na/c1-34(2)25-43(50(59)57-47(52(61)62)30-42-31-55-45-20-12-11-19-44(42)45)33-67(64,65)48(29-39-22-23-40-17-9-10-18-41(40)28-39)58-51(60)46(56-49-36(4)26-35(3)27-37(49)5)21-13-14-24-54-53(63)66-32-38-15-7-6-8-16-38;;/h6-12,15-20,22-23,26-28,31,34,43,46-48,56H,13-14,21,24-25,29-30,32-33H2,1-5H3,(H,54,63)(H,57,59)(H,58,60)(H,61,62)(H,64,65);;/q-1;2*+1/p-1/t43?,46-,47-,48?;;/m0../s1. The minimum absolute atomic E-state index is 0. The van der Waals surface area contributed by atoms with Crippen molar-refractivity contribution < 1.29 is 97.6 Å². The zero-order valence-electron chi connectivity index (χ0n) is 40.9. The fraction of sp³-hybridized carbons (Fsp3) is 0.358. The Morgan fingerprint density at radius 1 is 0.754 bits per heavy atom. The summed E-state index contributed by atoms with van der Waals surface area (Å²) in [7, 11) is -4.48. The number of nitrogens with zero attached hydrogens (tertiary/aromatic N) is 1. The molecule has 0 saturated carbocycles. The van der Waals surface area contributed by atoms with Gasteiger partial charge in [0.15, 0.2) is 0 Å². The van der Waals surface area contributed by atoms with Crippen LogP contribution in [0.3, 0.4) is 0 Å². The van der Waals surface area contributed by atoms with Gasteiger partial charge >= 0.3 is 65.2 Å². The molecule has 0 aliphatic rings. The molecule has 3 unspecified atom stereocenters. The Bertz CT molecular complexity index is 2690. The third kappa shape index (κ3) is 16.9. The summed E-state index contributed by atoms with van der Waals surface area (Å²) in [5.74, 6) is -5.21. The number of hydrogen-bond acceptors (Lipinski definition) is 8. The van der Waals surface area contributed by atoms with Gasteiger partial charge in [-0.1, -0.05) is 134 Å². The number of carboxylic acids is 1. The Morgan fingerprint density at radius 2 is 1.42 bits per heavy atom. The first-order valence-corrected chi connectivity index (χ1v) is 24.9. The summed E-state index contributed by atoms with van der Waals surface area (Å²) >= 11 is 0. The first kappa shape index (κ1) is 57.2. The molecular weight excluding hydrogens is 912 g/mol. The van der Waals surface area contributed by atoms with E-state index in [1.807, 2.05) is 144 Å². The largest absolute Gasteiger partial charge is 1.00 e. The van der Waals surface area contributed by atoms with Gasteiger partial charge in [-0.05, 0) is 97.2 Å². The number of benzene rings is 5. The van der Waals surface area contributed by atoms with Crippen LogP contribution in [-0.4, -0.2) is 59.3 Å². The first-order valence-electron chi connectivity index (χ1n) is 22.9. The second kappa shape index (κ2) is 27.2. The molecule has 0 aliphatic carbocycles. The Kier molecular flexibility index (Phi) is 22.6. The van der Waals surface area contributed by atoms with Crippen molar-refractivity contribution in [2.45, 2.75) is 97.6 Å². The number of amides is 3. The van der Waals surface area contributed by atoms with Crippen molar-refractivity contribution >= 4 is 58.6 Å². The number of anilines is 1. The molecule has 13 nitrogen and oxygen atoms in total. The molecular formula is C53H62N5Na2O8P. The Morgan fingerprint density at radius 3 is 2.12 bits per heavy atom. The van der Waals surface area contributed by atoms with Crippen LogP contribution in [-0.2, 0) is 43.1 Å². The molecule has 0 saturated heterocycles. The van der Waals surface area contributed by atoms with Gasteiger partial charge in [0.25, 0.3) is 0 Å². The molecule has 16 heteroatoms. The van der Waals surface area contributed by atoms with Crippen LogP contribution in [0.15, 0.2) is 115 Å². The van der Waals surface area contributed by atoms with Gasteiger partial charge in [0.1, 0.15) is 18.4 Å². The molecule has 3 amide bonds. The molecule has 5 aromatic carbocycles. The maximum Gasteiger partial charge on any atom is 1.00 e. The number of nitrogens with one attached hydrogen (secondary N) is 4. The number of para-hydroxylation sites is 1. The van der Waals surface area contributed by atoms with Crippen molar-refractivity contribution in [3.8, 4) is 0 Å². The Hall–Kier alpha value is -4.43. The Balaban J connectivity index is 0.00000518. The molecule has 6 rings (SSSR count). The summed E-state index contributed by atoms with van der Waals surface area (Å²) in [5, 5.41) is 27.0. The number of carbonyl (C=O) groups excluding carboxylic acids is 4. The number of aryl methyl sites for hydroxylation is 3. The third-order valence-corrected chi connectivity index (χ3v) is 14.2. The number of aliphatic carboxylic acids is 1. The molecule has 69 heavy (non-hydrogen) atoms. The maximum atomic E-state index is 15.0. The van der Waals surface area contributed by atoms with Crippen molar-refractivity contribution in [2.24, 2.45) is 11.8 Å². The van der Waals surface area contributed by atoms with E-state index in [0.717, 1.165) is 44.1 Å². The zero-order chi connectivity index (χ0) is 48.1. The number of rotatable bonds is 23. The summed E-state index contributed by atoms with van der Waals surface area (Å²) in [5.41, 5.74) is 6.57. The van der Waals surface area contributed by atoms with Gasteiger partial charge in [0.05, 0.1) is 12.0 Å². The van der Waals surface area contributed by atoms with Crippen LogP contribution in [0.5, 0.6) is 0 Å². The van der Waals surface area contributed by atoms with Gasteiger partial charge in [-0.2, -0.15) is 6.20 Å². The van der Waals surface area contributed by atoms with Gasteiger partial charge in [0.2, 0.25) is 19.2 Å². The van der Waals surface area contributed by atoms with Crippen LogP contribution in [0.1, 0.15) is 72.9 Å². The van der Waals surface area contributed by atoms with Crippen molar-refractivity contribution in [3.05, 3.63) is 149 Å². The van der Waals surface area contributed by atoms with Crippen LogP contribution in [0.4, 0.5) is 10.5 Å². The van der Waals surface area contributed by atoms with Gasteiger partial charge < -0.3 is 45.8 Å². The number of ether oxygens (including phenoxy) is 1. The average Bonchev–Trinajstić information content (AvgIpc) is 3.70. The molecule has 0 aliphatic heterocycles. The van der Waals surface area contributed by atoms with Crippen LogP contribution in [0.25, 0.3) is 21.7 Å². The van der Waals surface area contributed by atoms with E-state index in [9.17, 15) is 29.2 Å². The minimum Gasteiger partial charge on any atom is -0.663 e. The van der Waals surface area contributed by atoms with E-state index >= 15 is 4.57 Å². The normalized spacial score (nSPS) is 13.7. The van der Waals surface area contributed by atoms with Crippen LogP contribution < -0.4 is 90.5 Å². The topological polar surface area (TPSA) is 200 Å². The van der Waals surface area contributed by atoms with Gasteiger partial charge in [-0.25, -0.2) is 4.79 Å². The van der Waals surface area contributed by atoms with E-state index in [2.05, 4.69) is 26.3 Å². The summed E-state index contributed by atoms with van der Waals surface area (Å²) in [6, 6.07) is 31.8. The summed E-state index contributed by atoms with van der Waals surface area (Å²) in [4.78, 5) is 70.4. The molecule has 0 fully saturated rings. The third-order valence-electron chi connectivity index (χ3n) is 12.0. The van der Waals surface area contributed by atoms with Crippen molar-refractivity contribution in [1.29, 1.82) is 0 Å². The van der Waals surface area contributed by atoms with Crippen molar-refractivity contribution in [2.75, 3.05) is 18.0 Å². The zero-order valence-corrected chi connectivity index (χ0v) is 45.8. The molecule has 6 aromatic rings. The summed E-state index contributed by atoms with van der Waals surface area (Å²) in [6.07, 6.45) is 1.91. The van der Waals surface area contributed by atoms with Crippen LogP contribution >= 0.6 is 7.37 Å². The quantitative estimate of drug-likeness (QED) is 0.0359. The second-order valence-corrected chi connectivity index (χ2v) is 20.5. The smallest absolute Gasteiger partial charge is 0.663 e. The molecule has 5 atom stereocenters. The fourth-order valence-electron chi connectivity index (χ4n) is 8.65. The molecule has 1 heterocycles. The summed E-state index contributed by atoms with van der Waals surface area (Å²) in [6.45, 7) is 10.1. The number of alkyl carbamates (subject to hydrolysis) is 1. The van der Waals surface area contributed by atoms with Crippen LogP contribution in [0, 0.1) is 32.6 Å². The molecule has 354 valence electrons. The molecule has 0 spiro atoms. The van der Waals surface area contributed by atoms with E-state index in [4.69, 9.17) is 4.74 Å². The Labute approximate surface area is 449 Å². The predicted molar refractivity (Wildman–Crippen MR) is 262 cm³/mol. The SMILES string of the molecule is Cc1cc(C)c(N[C@@H](CCCCNC(=O)OCc2ccccc2)C(=O)NC(Cc2ccc3ccccc3c2)P(=O)(O)CC(CC(C)C)C(=O)N[C@@H](Cc2c[n-]c3ccccc23)C(=O)[O-])c(C)c1.[Na+].[Na+]. The predicted octanol–water partition coefficient (Wildman–Crippen LogP) is 1.86. The van der Waals surface area contributed by atoms with E-state index < -0.39 is 61.2 Å². The minimum atomic E-state index is -4.48. The summed E-state index contributed by atoms with van der Waals surface area (Å²) < 4.78 is 20.4. The number of aromatic nitrogens is 1. The number of fused-ring (bicyclic) bond motifs is 2. The first-order chi connectivity index (χ1) is 32.1. The van der Waals surface area contributed by atoms with Gasteiger partial charge in [-0.3, -0.25) is 14.2 Å². The molecule has 0 radical (unpaired) electrons. The average molecular weight is 974 g/mol. The van der Waals surface area contributed by atoms with Crippen molar-refractivity contribution in [1.82, 2.24) is 20.9 Å². The number of hydrogen-bond donors (Lipinski definition) is 5. The van der Waals surface area contributed by atoms with Crippen LogP contribution in [0.2, 0.25) is 0 Å². The van der Waals surface area contributed by atoms with Gasteiger partial charge in [-0.15, -0.1) is 5.52 Å². The molecule has 0 bridgehead atoms. The molecule has 5 N–H and O–H groups in total. The van der Waals surface area contributed by atoms with Gasteiger partial charge in [0, 0.05) is 30.7 Å². The number of carbonyl (C=O) groups is 4. The maximum absolute atomic E-state index is 15.0. The van der Waals surface area contributed by atoms with E-state index in [-0.39, 0.29) is 90.9 Å². The van der Waals surface area contributed by atoms with E-state index in [1.165, 1.54) is 0 Å². The number of carboxylic acid groups (broad SMARTS) is 1. The molecule has 1 aromatic heterocycles. The number of unbranched alkanes of at least 4 members (excludes halogenated alkanes) is 1. The van der Waals surface area contributed by atoms with E-state index in [1.54, 1.807) is 6.20 Å². The fourth-order valence-corrected chi connectivity index (χ4v) is 10.7. The van der Waals surface area contributed by atoms with Crippen molar-refractivity contribution in [3.63, 3.8) is 0 Å². The second-order valence-electron chi connectivity index (χ2n) is 18.0.